The highest BCUT2D eigenvalue weighted by molar-refractivity contribution is 5.96. The van der Waals surface area contributed by atoms with Gasteiger partial charge in [0.25, 0.3) is 5.69 Å². The molecule has 0 heterocycles. The van der Waals surface area contributed by atoms with Gasteiger partial charge in [0.15, 0.2) is 0 Å². The SMILES string of the molecule is CC1(C)CCCCC1Nc1c(C(=O)O)cccc1[N+](=O)[O-]. The first-order valence-corrected chi connectivity index (χ1v) is 7.10. The van der Waals surface area contributed by atoms with Crippen molar-refractivity contribution < 1.29 is 14.8 Å². The summed E-state index contributed by atoms with van der Waals surface area (Å²) in [7, 11) is 0. The average Bonchev–Trinajstić information content (AvgIpc) is 2.40. The summed E-state index contributed by atoms with van der Waals surface area (Å²) in [6.07, 6.45) is 4.09. The summed E-state index contributed by atoms with van der Waals surface area (Å²) in [4.78, 5) is 22.0. The van der Waals surface area contributed by atoms with Crippen LogP contribution in [0.25, 0.3) is 0 Å². The molecule has 6 heteroatoms. The molecule has 1 saturated carbocycles. The highest BCUT2D eigenvalue weighted by Gasteiger charge is 2.34. The van der Waals surface area contributed by atoms with Crippen LogP contribution in [0.2, 0.25) is 0 Å². The Morgan fingerprint density at radius 2 is 2.14 bits per heavy atom. The van der Waals surface area contributed by atoms with E-state index in [0.717, 1.165) is 25.7 Å². The monoisotopic (exact) mass is 292 g/mol. The van der Waals surface area contributed by atoms with Gasteiger partial charge in [0.05, 0.1) is 10.5 Å². The lowest BCUT2D eigenvalue weighted by atomic mass is 9.73. The van der Waals surface area contributed by atoms with Crippen LogP contribution in [0.4, 0.5) is 11.4 Å². The van der Waals surface area contributed by atoms with Gasteiger partial charge in [-0.1, -0.05) is 32.8 Å². The second-order valence-corrected chi connectivity index (χ2v) is 6.19. The molecule has 0 amide bonds. The molecule has 114 valence electrons. The average molecular weight is 292 g/mol. The summed E-state index contributed by atoms with van der Waals surface area (Å²) in [5.41, 5.74) is -0.130. The number of para-hydroxylation sites is 1. The molecule has 1 atom stereocenters. The van der Waals surface area contributed by atoms with Gasteiger partial charge < -0.3 is 10.4 Å². The Hall–Kier alpha value is -2.11. The molecule has 2 N–H and O–H groups in total. The number of hydrogen-bond donors (Lipinski definition) is 2. The van der Waals surface area contributed by atoms with Crippen LogP contribution in [0.1, 0.15) is 49.9 Å². The van der Waals surface area contributed by atoms with E-state index in [0.29, 0.717) is 0 Å². The van der Waals surface area contributed by atoms with Gasteiger partial charge in [-0.25, -0.2) is 4.79 Å². The van der Waals surface area contributed by atoms with E-state index in [-0.39, 0.29) is 28.4 Å². The van der Waals surface area contributed by atoms with Gasteiger partial charge in [-0.05, 0) is 24.3 Å². The second kappa shape index (κ2) is 5.71. The van der Waals surface area contributed by atoms with E-state index >= 15 is 0 Å². The molecule has 0 saturated heterocycles. The molecular weight excluding hydrogens is 272 g/mol. The standard InChI is InChI=1S/C15H20N2O4/c1-15(2)9-4-3-8-12(15)16-13-10(14(18)19)6-5-7-11(13)17(20)21/h5-7,12,16H,3-4,8-9H2,1-2H3,(H,18,19). The molecule has 0 spiro atoms. The Kier molecular flexibility index (Phi) is 4.16. The van der Waals surface area contributed by atoms with Crippen molar-refractivity contribution in [3.8, 4) is 0 Å². The Labute approximate surface area is 123 Å². The number of carboxylic acid groups (broad SMARTS) is 1. The summed E-state index contributed by atoms with van der Waals surface area (Å²) in [5.74, 6) is -1.16. The van der Waals surface area contributed by atoms with Crippen molar-refractivity contribution in [2.45, 2.75) is 45.6 Å². The minimum Gasteiger partial charge on any atom is -0.478 e. The van der Waals surface area contributed by atoms with Gasteiger partial charge in [0.1, 0.15) is 5.69 Å². The number of benzene rings is 1. The number of nitro benzene ring substituents is 1. The minimum atomic E-state index is -1.16. The van der Waals surface area contributed by atoms with E-state index in [1.54, 1.807) is 0 Å². The maximum absolute atomic E-state index is 11.3. The third-order valence-electron chi connectivity index (χ3n) is 4.30. The molecule has 6 nitrogen and oxygen atoms in total. The van der Waals surface area contributed by atoms with E-state index in [1.807, 2.05) is 0 Å². The molecule has 0 bridgehead atoms. The summed E-state index contributed by atoms with van der Waals surface area (Å²) in [6.45, 7) is 4.22. The van der Waals surface area contributed by atoms with Crippen LogP contribution in [0, 0.1) is 15.5 Å². The first kappa shape index (κ1) is 15.3. The number of nitrogens with zero attached hydrogens (tertiary/aromatic N) is 1. The third kappa shape index (κ3) is 3.15. The quantitative estimate of drug-likeness (QED) is 0.652. The summed E-state index contributed by atoms with van der Waals surface area (Å²) in [5, 5.41) is 23.6. The zero-order chi connectivity index (χ0) is 15.6. The number of aromatic carboxylic acids is 1. The summed E-state index contributed by atoms with van der Waals surface area (Å²) >= 11 is 0. The van der Waals surface area contributed by atoms with Crippen LogP contribution in [0.5, 0.6) is 0 Å². The number of hydrogen-bond acceptors (Lipinski definition) is 4. The predicted octanol–water partition coefficient (Wildman–Crippen LogP) is 3.67. The van der Waals surface area contributed by atoms with Crippen LogP contribution in [0.3, 0.4) is 0 Å². The van der Waals surface area contributed by atoms with Crippen molar-refractivity contribution in [2.24, 2.45) is 5.41 Å². The lowest BCUT2D eigenvalue weighted by Crippen LogP contribution is -2.39. The van der Waals surface area contributed by atoms with E-state index in [4.69, 9.17) is 0 Å². The highest BCUT2D eigenvalue weighted by Crippen LogP contribution is 2.39. The van der Waals surface area contributed by atoms with Gasteiger partial charge in [0.2, 0.25) is 0 Å². The first-order chi connectivity index (χ1) is 9.83. The number of anilines is 1. The van der Waals surface area contributed by atoms with Gasteiger partial charge in [-0.15, -0.1) is 0 Å². The molecule has 1 aromatic rings. The lowest BCUT2D eigenvalue weighted by molar-refractivity contribution is -0.384. The summed E-state index contributed by atoms with van der Waals surface area (Å²) in [6, 6.07) is 4.17. The van der Waals surface area contributed by atoms with Crippen molar-refractivity contribution in [3.63, 3.8) is 0 Å². The van der Waals surface area contributed by atoms with Crippen LogP contribution in [-0.4, -0.2) is 22.0 Å². The van der Waals surface area contributed by atoms with Crippen LogP contribution in [-0.2, 0) is 0 Å². The zero-order valence-corrected chi connectivity index (χ0v) is 12.3. The van der Waals surface area contributed by atoms with Crippen molar-refractivity contribution >= 4 is 17.3 Å². The lowest BCUT2D eigenvalue weighted by Gasteiger charge is -2.39. The van der Waals surface area contributed by atoms with Gasteiger partial charge in [-0.2, -0.15) is 0 Å². The van der Waals surface area contributed by atoms with Crippen LogP contribution in [0.15, 0.2) is 18.2 Å². The van der Waals surface area contributed by atoms with Crippen LogP contribution < -0.4 is 5.32 Å². The largest absolute Gasteiger partial charge is 0.478 e. The van der Waals surface area contributed by atoms with Crippen molar-refractivity contribution in [3.05, 3.63) is 33.9 Å². The predicted molar refractivity (Wildman–Crippen MR) is 79.7 cm³/mol. The topological polar surface area (TPSA) is 92.5 Å². The Bertz CT molecular complexity index is 537. The normalized spacial score (nSPS) is 20.8. The molecule has 1 aliphatic rings. The molecule has 0 aliphatic heterocycles. The molecule has 0 radical (unpaired) electrons. The molecular formula is C15H20N2O4. The highest BCUT2D eigenvalue weighted by atomic mass is 16.6. The van der Waals surface area contributed by atoms with E-state index < -0.39 is 10.9 Å². The number of carbonyl (C=O) groups is 1. The van der Waals surface area contributed by atoms with Crippen molar-refractivity contribution in [2.75, 3.05) is 5.32 Å². The molecule has 1 fully saturated rings. The minimum absolute atomic E-state index is 0.0161. The molecule has 1 aromatic carbocycles. The first-order valence-electron chi connectivity index (χ1n) is 7.10. The number of nitrogens with one attached hydrogen (secondary N) is 1. The Morgan fingerprint density at radius 1 is 1.43 bits per heavy atom. The van der Waals surface area contributed by atoms with Crippen LogP contribution >= 0.6 is 0 Å². The van der Waals surface area contributed by atoms with E-state index in [9.17, 15) is 20.0 Å². The second-order valence-electron chi connectivity index (χ2n) is 6.19. The smallest absolute Gasteiger partial charge is 0.338 e. The maximum atomic E-state index is 11.3. The van der Waals surface area contributed by atoms with Gasteiger partial charge >= 0.3 is 5.97 Å². The maximum Gasteiger partial charge on any atom is 0.338 e. The fraction of sp³-hybridized carbons (Fsp3) is 0.533. The molecule has 1 unspecified atom stereocenters. The zero-order valence-electron chi connectivity index (χ0n) is 12.3. The van der Waals surface area contributed by atoms with Gasteiger partial charge in [-0.3, -0.25) is 10.1 Å². The molecule has 0 aromatic heterocycles. The fourth-order valence-electron chi connectivity index (χ4n) is 2.96. The molecule has 21 heavy (non-hydrogen) atoms. The number of rotatable bonds is 4. The van der Waals surface area contributed by atoms with Crippen molar-refractivity contribution in [1.29, 1.82) is 0 Å². The number of carboxylic acids is 1. The molecule has 2 rings (SSSR count). The van der Waals surface area contributed by atoms with Crippen molar-refractivity contribution in [1.82, 2.24) is 0 Å². The number of nitro groups is 1. The fourth-order valence-corrected chi connectivity index (χ4v) is 2.96. The van der Waals surface area contributed by atoms with E-state index in [2.05, 4.69) is 19.2 Å². The Balaban J connectivity index is 2.42. The molecule has 1 aliphatic carbocycles. The van der Waals surface area contributed by atoms with E-state index in [1.165, 1.54) is 18.2 Å². The third-order valence-corrected chi connectivity index (χ3v) is 4.30. The van der Waals surface area contributed by atoms with Gasteiger partial charge in [0, 0.05) is 12.1 Å². The Morgan fingerprint density at radius 3 is 2.71 bits per heavy atom. The summed E-state index contributed by atoms with van der Waals surface area (Å²) < 4.78 is 0.